The molecule has 0 atom stereocenters. The Kier molecular flexibility index (Phi) is 8.41. The molecule has 2 aliphatic rings. The number of carboxylic acids is 1. The molecule has 47 heavy (non-hydrogen) atoms. The first-order valence-electron chi connectivity index (χ1n) is 14.9. The predicted octanol–water partition coefficient (Wildman–Crippen LogP) is 4.32. The Balaban J connectivity index is 1.53. The van der Waals surface area contributed by atoms with Crippen LogP contribution in [0.5, 0.6) is 11.5 Å². The van der Waals surface area contributed by atoms with Crippen molar-refractivity contribution in [2.75, 3.05) is 23.4 Å². The summed E-state index contributed by atoms with van der Waals surface area (Å²) in [5, 5.41) is 36.1. The number of nitrogens with zero attached hydrogens (tertiary/aromatic N) is 2. The van der Waals surface area contributed by atoms with Gasteiger partial charge in [-0.05, 0) is 88.1 Å². The van der Waals surface area contributed by atoms with Gasteiger partial charge >= 0.3 is 5.97 Å². The van der Waals surface area contributed by atoms with E-state index in [9.17, 15) is 40.9 Å². The third-order valence-electron chi connectivity index (χ3n) is 9.28. The van der Waals surface area contributed by atoms with Crippen molar-refractivity contribution in [2.24, 2.45) is 0 Å². The van der Waals surface area contributed by atoms with Crippen molar-refractivity contribution in [2.45, 2.75) is 74.0 Å². The fourth-order valence-electron chi connectivity index (χ4n) is 6.64. The lowest BCUT2D eigenvalue weighted by Crippen LogP contribution is -2.27. The van der Waals surface area contributed by atoms with Gasteiger partial charge in [0.15, 0.2) is 5.56 Å². The number of allylic oxidation sites excluding steroid dienone is 2. The van der Waals surface area contributed by atoms with Gasteiger partial charge in [-0.25, -0.2) is 0 Å². The average Bonchev–Trinajstić information content (AvgIpc) is 3.30. The lowest BCUT2D eigenvalue weighted by molar-refractivity contribution is -0.293. The second kappa shape index (κ2) is 11.5. The number of benzene rings is 2. The highest BCUT2D eigenvalue weighted by Gasteiger charge is 2.46. The first kappa shape index (κ1) is 34.2. The maximum Gasteiger partial charge on any atom is 0.303 e. The van der Waals surface area contributed by atoms with Gasteiger partial charge in [0.2, 0.25) is 0 Å². The van der Waals surface area contributed by atoms with Crippen molar-refractivity contribution in [3.63, 3.8) is 0 Å². The second-order valence-electron chi connectivity index (χ2n) is 13.0. The minimum absolute atomic E-state index is 0.0241. The minimum atomic E-state index is -4.50. The van der Waals surface area contributed by atoms with Crippen molar-refractivity contribution < 1.29 is 46.1 Å². The van der Waals surface area contributed by atoms with Gasteiger partial charge in [0.05, 0.1) is 44.2 Å². The van der Waals surface area contributed by atoms with Gasteiger partial charge in [-0.3, -0.25) is 18.8 Å². The molecule has 12 nitrogen and oxygen atoms in total. The zero-order valence-electron chi connectivity index (χ0n) is 26.6. The molecule has 0 radical (unpaired) electrons. The van der Waals surface area contributed by atoms with E-state index < -0.39 is 48.5 Å². The molecular weight excluding hydrogens is 649 g/mol. The Morgan fingerprint density at radius 3 is 1.94 bits per heavy atom. The van der Waals surface area contributed by atoms with Crippen molar-refractivity contribution in [1.82, 2.24) is 0 Å². The largest absolute Gasteiger partial charge is 0.820 e. The monoisotopic (exact) mass is 684 g/mol. The summed E-state index contributed by atoms with van der Waals surface area (Å²) in [6.07, 6.45) is 4.71. The molecule has 0 aliphatic carbocycles. The maximum atomic E-state index is 13.6. The quantitative estimate of drug-likeness (QED) is 0.156. The molecule has 3 aromatic carbocycles. The van der Waals surface area contributed by atoms with E-state index >= 15 is 0 Å². The number of rotatable bonds is 10. The van der Waals surface area contributed by atoms with Gasteiger partial charge in [0, 0.05) is 31.1 Å². The molecule has 0 bridgehead atoms. The zero-order chi connectivity index (χ0) is 34.9. The minimum Gasteiger partial charge on any atom is -0.820 e. The highest BCUT2D eigenvalue weighted by molar-refractivity contribution is 7.86. The van der Waals surface area contributed by atoms with Gasteiger partial charge in [-0.15, -0.1) is 0 Å². The Morgan fingerprint density at radius 2 is 1.40 bits per heavy atom. The molecule has 0 amide bonds. The summed E-state index contributed by atoms with van der Waals surface area (Å²) in [4.78, 5) is 14.1. The summed E-state index contributed by atoms with van der Waals surface area (Å²) in [5.74, 6) is -1.86. The topological polar surface area (TPSA) is 199 Å². The lowest BCUT2D eigenvalue weighted by atomic mass is 9.81. The number of hydrogen-bond acceptors (Lipinski definition) is 9. The number of unbranched alkanes of at least 4 members (excludes halogenated alkanes) is 2. The molecule has 0 unspecified atom stereocenters. The molecule has 3 aromatic rings. The van der Waals surface area contributed by atoms with E-state index in [-0.39, 0.29) is 27.3 Å². The van der Waals surface area contributed by atoms with E-state index in [2.05, 4.69) is 0 Å². The third kappa shape index (κ3) is 5.94. The Morgan fingerprint density at radius 1 is 0.872 bits per heavy atom. The first-order chi connectivity index (χ1) is 21.7. The highest BCUT2D eigenvalue weighted by Crippen LogP contribution is 2.53. The van der Waals surface area contributed by atoms with E-state index in [0.717, 1.165) is 0 Å². The van der Waals surface area contributed by atoms with Gasteiger partial charge < -0.3 is 20.2 Å². The molecule has 0 spiro atoms. The Hall–Kier alpha value is -4.11. The molecule has 5 rings (SSSR count). The fourth-order valence-corrected chi connectivity index (χ4v) is 7.65. The van der Waals surface area contributed by atoms with Crippen molar-refractivity contribution in [1.29, 1.82) is 0 Å². The predicted molar refractivity (Wildman–Crippen MR) is 173 cm³/mol. The highest BCUT2D eigenvalue weighted by atomic mass is 32.2. The van der Waals surface area contributed by atoms with Crippen LogP contribution in [0.15, 0.2) is 57.6 Å². The summed E-state index contributed by atoms with van der Waals surface area (Å²) in [6, 6.07) is 8.45. The first-order valence-corrected chi connectivity index (χ1v) is 17.8. The normalized spacial score (nSPS) is 18.7. The van der Waals surface area contributed by atoms with Crippen LogP contribution in [0.25, 0.3) is 12.2 Å². The number of aliphatic carboxylic acids is 1. The summed E-state index contributed by atoms with van der Waals surface area (Å²) in [5.41, 5.74) is 1.85. The summed E-state index contributed by atoms with van der Waals surface area (Å²) >= 11 is 0. The fraction of sp³-hybridized carbons (Fsp3) is 0.364. The van der Waals surface area contributed by atoms with E-state index in [1.54, 1.807) is 24.1 Å². The molecule has 2 heterocycles. The molecule has 0 saturated heterocycles. The van der Waals surface area contributed by atoms with Crippen LogP contribution in [0.4, 0.5) is 11.4 Å². The standard InChI is InChI=1S/C33H36N2O10S2/c1-32(2)23-15-19(46(40,41)42)10-12-25(23)34(5)27(32)17-21-30(38)22(31(21)39)18-28-33(3,4)24-16-20(47(43,44)45)11-13-26(24)35(28)14-8-6-7-9-29(36)37/h10-13,15-18H,6-9,14H2,1-5H3,(H3-,36,37,38,40,41,42,43,44,45). The molecule has 14 heteroatoms. The Bertz CT molecular complexity index is 2030. The summed E-state index contributed by atoms with van der Waals surface area (Å²) in [7, 11) is -7.21. The van der Waals surface area contributed by atoms with Crippen molar-refractivity contribution in [3.8, 4) is 11.5 Å². The number of carboxylic acid groups (broad SMARTS) is 1. The number of hydrogen-bond donors (Lipinski definition) is 3. The number of fused-ring (bicyclic) bond motifs is 2. The van der Waals surface area contributed by atoms with Crippen LogP contribution < -0.4 is 20.0 Å². The van der Waals surface area contributed by atoms with Crippen LogP contribution in [0, 0.1) is 0 Å². The summed E-state index contributed by atoms with van der Waals surface area (Å²) < 4.78 is 66.7. The van der Waals surface area contributed by atoms with Crippen LogP contribution in [0.3, 0.4) is 0 Å². The van der Waals surface area contributed by atoms with Crippen LogP contribution in [0.1, 0.15) is 75.6 Å². The molecule has 0 saturated carbocycles. The summed E-state index contributed by atoms with van der Waals surface area (Å²) in [6.45, 7) is 7.70. The lowest BCUT2D eigenvalue weighted by Gasteiger charge is -2.26. The van der Waals surface area contributed by atoms with Crippen LogP contribution >= 0.6 is 0 Å². The van der Waals surface area contributed by atoms with Crippen LogP contribution in [-0.2, 0) is 35.9 Å². The van der Waals surface area contributed by atoms with E-state index in [0.29, 0.717) is 59.7 Å². The molecule has 0 fully saturated rings. The number of likely N-dealkylation sites (N-methyl/N-ethyl adjacent to an activating group) is 1. The van der Waals surface area contributed by atoms with Gasteiger partial charge in [-0.2, -0.15) is 16.8 Å². The smallest absolute Gasteiger partial charge is 0.303 e. The van der Waals surface area contributed by atoms with E-state index in [1.807, 2.05) is 32.6 Å². The zero-order valence-corrected chi connectivity index (χ0v) is 28.2. The van der Waals surface area contributed by atoms with Crippen LogP contribution in [0.2, 0.25) is 0 Å². The molecule has 0 aromatic heterocycles. The number of carbonyl (C=O) groups is 1. The van der Waals surface area contributed by atoms with Crippen molar-refractivity contribution >= 4 is 49.7 Å². The SMILES string of the molecule is CN1C(=Cc2c([O-])[c+](C=C3N(CCCCCC(=O)O)c4ccc(S(=O)(=O)O)cc4C3(C)C)[c+]2[O-])C(C)(C)c2cc(S(=O)(=O)O)ccc21. The van der Waals surface area contributed by atoms with Gasteiger partial charge in [0.25, 0.3) is 20.2 Å². The molecule has 3 N–H and O–H groups in total. The van der Waals surface area contributed by atoms with E-state index in [1.165, 1.54) is 36.4 Å². The molecular formula is C33H36N2O10S2. The van der Waals surface area contributed by atoms with Gasteiger partial charge in [0.1, 0.15) is 17.3 Å². The van der Waals surface area contributed by atoms with Crippen LogP contribution in [-0.4, -0.2) is 50.6 Å². The molecule has 250 valence electrons. The van der Waals surface area contributed by atoms with E-state index in [4.69, 9.17) is 5.11 Å². The van der Waals surface area contributed by atoms with Crippen molar-refractivity contribution in [3.05, 3.63) is 70.0 Å². The average molecular weight is 685 g/mol. The van der Waals surface area contributed by atoms with Gasteiger partial charge in [-0.1, -0.05) is 6.42 Å². The second-order valence-corrected chi connectivity index (χ2v) is 15.9. The maximum absolute atomic E-state index is 13.6. The molecule has 2 aliphatic heterocycles. The Labute approximate surface area is 274 Å². The third-order valence-corrected chi connectivity index (χ3v) is 11.0. The number of anilines is 2.